The molecule has 5 rings (SSSR count). The molecule has 2 aromatic heterocycles. The van der Waals surface area contributed by atoms with Crippen molar-refractivity contribution in [2.75, 3.05) is 55.7 Å². The molecule has 2 N–H and O–H groups in total. The fourth-order valence-electron chi connectivity index (χ4n) is 5.55. The lowest BCUT2D eigenvalue weighted by atomic mass is 10.1. The molecule has 10 nitrogen and oxygen atoms in total. The summed E-state index contributed by atoms with van der Waals surface area (Å²) in [7, 11) is 0. The molecular weight excluding hydrogens is 542 g/mol. The Labute approximate surface area is 245 Å². The van der Waals surface area contributed by atoms with Crippen LogP contribution in [0.5, 0.6) is 11.8 Å². The van der Waals surface area contributed by atoms with Gasteiger partial charge >= 0.3 is 6.03 Å². The number of hydrogen-bond acceptors (Lipinski definition) is 8. The average molecular weight is 576 g/mol. The summed E-state index contributed by atoms with van der Waals surface area (Å²) in [5.74, 6) is 1.00. The summed E-state index contributed by atoms with van der Waals surface area (Å²) in [6.07, 6.45) is 3.18. The molecule has 1 saturated heterocycles. The number of nitrogens with two attached hydrogens (primary N) is 1. The Balaban J connectivity index is 1.39. The van der Waals surface area contributed by atoms with E-state index in [2.05, 4.69) is 22.9 Å². The molecule has 4 heterocycles. The second kappa shape index (κ2) is 12.6. The molecule has 0 spiro atoms. The quantitative estimate of drug-likeness (QED) is 0.417. The number of piperazine rings is 1. The van der Waals surface area contributed by atoms with Crippen LogP contribution in [0, 0.1) is 11.3 Å². The van der Waals surface area contributed by atoms with Gasteiger partial charge in [-0.3, -0.25) is 4.90 Å². The molecule has 2 amide bonds. The second-order valence-corrected chi connectivity index (χ2v) is 10.3. The fraction of sp³-hybridized carbons (Fsp3) is 0.400. The average Bonchev–Trinajstić information content (AvgIpc) is 3.43. The summed E-state index contributed by atoms with van der Waals surface area (Å²) in [5.41, 5.74) is 10.1. The number of hydrogen-bond donors (Lipinski definition) is 1. The number of amides is 2. The Bertz CT molecular complexity index is 1460. The zero-order valence-electron chi connectivity index (χ0n) is 23.3. The summed E-state index contributed by atoms with van der Waals surface area (Å²) >= 11 is 6.20. The van der Waals surface area contributed by atoms with Crippen molar-refractivity contribution in [3.8, 4) is 29.1 Å². The smallest absolute Gasteiger partial charge is 0.324 e. The number of rotatable bonds is 8. The first-order valence-electron chi connectivity index (χ1n) is 14.0. The predicted octanol–water partition coefficient (Wildman–Crippen LogP) is 4.49. The van der Waals surface area contributed by atoms with Gasteiger partial charge in [-0.05, 0) is 61.7 Å². The molecule has 3 aromatic rings. The number of carbonyl (C=O) groups is 1. The Morgan fingerprint density at radius 1 is 1.17 bits per heavy atom. The number of fused-ring (bicyclic) bond motifs is 1. The molecular formula is C30H34ClN7O3. The van der Waals surface area contributed by atoms with E-state index in [1.807, 2.05) is 42.2 Å². The largest absolute Gasteiger partial charge is 0.477 e. The number of ether oxygens (including phenoxy) is 2. The standard InChI is InChI=1S/C30H34ClN7O3/c1-3-23-19-36(30(39)38-12-9-20-16-22(31)17-21(18-33)27(20)38)13-14-37(23)26-8-7-25(35-29(26)41-15-10-32)24-6-5-11-34-28(24)40-4-2/h5-8,11,16-17,23H,3-4,9-10,12-15,19,32H2,1-2H3/t23-/m1/s1. The van der Waals surface area contributed by atoms with Crippen LogP contribution in [0.4, 0.5) is 16.2 Å². The maximum Gasteiger partial charge on any atom is 0.324 e. The minimum Gasteiger partial charge on any atom is -0.477 e. The van der Waals surface area contributed by atoms with Gasteiger partial charge in [0.15, 0.2) is 0 Å². The summed E-state index contributed by atoms with van der Waals surface area (Å²) in [4.78, 5) is 28.8. The van der Waals surface area contributed by atoms with Crippen LogP contribution in [0.1, 0.15) is 31.4 Å². The zero-order chi connectivity index (χ0) is 28.9. The second-order valence-electron chi connectivity index (χ2n) is 9.91. The molecule has 214 valence electrons. The van der Waals surface area contributed by atoms with E-state index in [1.165, 1.54) is 0 Å². The van der Waals surface area contributed by atoms with E-state index >= 15 is 0 Å². The lowest BCUT2D eigenvalue weighted by molar-refractivity contribution is 0.190. The van der Waals surface area contributed by atoms with Crippen molar-refractivity contribution >= 4 is 29.0 Å². The van der Waals surface area contributed by atoms with E-state index < -0.39 is 0 Å². The van der Waals surface area contributed by atoms with Gasteiger partial charge in [0.05, 0.1) is 29.1 Å². The highest BCUT2D eigenvalue weighted by molar-refractivity contribution is 6.31. The first-order valence-corrected chi connectivity index (χ1v) is 14.3. The third-order valence-corrected chi connectivity index (χ3v) is 7.66. The number of nitriles is 1. The third-order valence-electron chi connectivity index (χ3n) is 7.44. The van der Waals surface area contributed by atoms with Gasteiger partial charge in [0, 0.05) is 50.0 Å². The molecule has 11 heteroatoms. The van der Waals surface area contributed by atoms with Gasteiger partial charge in [-0.1, -0.05) is 18.5 Å². The van der Waals surface area contributed by atoms with Gasteiger partial charge in [0.25, 0.3) is 0 Å². The van der Waals surface area contributed by atoms with Crippen LogP contribution in [0.15, 0.2) is 42.6 Å². The molecule has 2 aliphatic heterocycles. The Morgan fingerprint density at radius 2 is 2.02 bits per heavy atom. The van der Waals surface area contributed by atoms with Crippen molar-refractivity contribution in [2.24, 2.45) is 5.73 Å². The van der Waals surface area contributed by atoms with Gasteiger partial charge in [0.1, 0.15) is 18.4 Å². The number of urea groups is 1. The highest BCUT2D eigenvalue weighted by atomic mass is 35.5. The number of pyridine rings is 2. The molecule has 0 aliphatic carbocycles. The van der Waals surface area contributed by atoms with E-state index in [0.717, 1.165) is 23.2 Å². The molecule has 0 unspecified atom stereocenters. The number of carbonyl (C=O) groups excluding carboxylic acids is 1. The molecule has 1 fully saturated rings. The summed E-state index contributed by atoms with van der Waals surface area (Å²) in [5, 5.41) is 10.2. The SMILES string of the molecule is CCOc1ncccc1-c1ccc(N2CCN(C(=O)N3CCc4cc(Cl)cc(C#N)c43)C[C@H]2CC)c(OCCN)n1. The summed E-state index contributed by atoms with van der Waals surface area (Å²) in [6.45, 7) is 7.39. The van der Waals surface area contributed by atoms with Gasteiger partial charge in [-0.2, -0.15) is 5.26 Å². The monoisotopic (exact) mass is 575 g/mol. The first-order chi connectivity index (χ1) is 20.0. The number of benzene rings is 1. The van der Waals surface area contributed by atoms with Crippen molar-refractivity contribution < 1.29 is 14.3 Å². The van der Waals surface area contributed by atoms with E-state index in [9.17, 15) is 10.1 Å². The van der Waals surface area contributed by atoms with E-state index in [-0.39, 0.29) is 12.1 Å². The molecule has 41 heavy (non-hydrogen) atoms. The van der Waals surface area contributed by atoms with Crippen LogP contribution in [-0.2, 0) is 6.42 Å². The van der Waals surface area contributed by atoms with Gasteiger partial charge in [-0.25, -0.2) is 14.8 Å². The Kier molecular flexibility index (Phi) is 8.76. The maximum atomic E-state index is 13.7. The molecule has 0 radical (unpaired) electrons. The van der Waals surface area contributed by atoms with Crippen molar-refractivity contribution in [3.63, 3.8) is 0 Å². The molecule has 1 atom stereocenters. The molecule has 0 saturated carbocycles. The molecule has 2 aliphatic rings. The van der Waals surface area contributed by atoms with E-state index in [0.29, 0.717) is 86.1 Å². The Morgan fingerprint density at radius 3 is 2.78 bits per heavy atom. The summed E-state index contributed by atoms with van der Waals surface area (Å²) < 4.78 is 11.8. The van der Waals surface area contributed by atoms with E-state index in [1.54, 1.807) is 17.2 Å². The van der Waals surface area contributed by atoms with Crippen LogP contribution in [0.3, 0.4) is 0 Å². The number of nitrogens with zero attached hydrogens (tertiary/aromatic N) is 6. The van der Waals surface area contributed by atoms with Crippen LogP contribution in [0.25, 0.3) is 11.3 Å². The van der Waals surface area contributed by atoms with Crippen LogP contribution in [-0.4, -0.2) is 72.9 Å². The topological polar surface area (TPSA) is 121 Å². The molecule has 1 aromatic carbocycles. The highest BCUT2D eigenvalue weighted by Crippen LogP contribution is 2.37. The zero-order valence-corrected chi connectivity index (χ0v) is 24.1. The van der Waals surface area contributed by atoms with Crippen molar-refractivity contribution in [2.45, 2.75) is 32.7 Å². The minimum atomic E-state index is -0.0891. The van der Waals surface area contributed by atoms with Gasteiger partial charge in [0.2, 0.25) is 11.8 Å². The van der Waals surface area contributed by atoms with E-state index in [4.69, 9.17) is 31.8 Å². The highest BCUT2D eigenvalue weighted by Gasteiger charge is 2.36. The lowest BCUT2D eigenvalue weighted by Crippen LogP contribution is -2.57. The minimum absolute atomic E-state index is 0.0423. The van der Waals surface area contributed by atoms with Crippen LogP contribution >= 0.6 is 11.6 Å². The lowest BCUT2D eigenvalue weighted by Gasteiger charge is -2.43. The number of anilines is 2. The number of aromatic nitrogens is 2. The number of halogens is 1. The maximum absolute atomic E-state index is 13.7. The summed E-state index contributed by atoms with van der Waals surface area (Å²) in [6, 6.07) is 13.4. The fourth-order valence-corrected chi connectivity index (χ4v) is 5.79. The normalized spacial score (nSPS) is 16.4. The van der Waals surface area contributed by atoms with Crippen molar-refractivity contribution in [1.29, 1.82) is 5.26 Å². The van der Waals surface area contributed by atoms with Crippen LogP contribution < -0.4 is 25.0 Å². The van der Waals surface area contributed by atoms with Gasteiger partial charge in [-0.15, -0.1) is 0 Å². The van der Waals surface area contributed by atoms with Crippen LogP contribution in [0.2, 0.25) is 5.02 Å². The third kappa shape index (κ3) is 5.73. The van der Waals surface area contributed by atoms with Crippen molar-refractivity contribution in [1.82, 2.24) is 14.9 Å². The predicted molar refractivity (Wildman–Crippen MR) is 159 cm³/mol. The van der Waals surface area contributed by atoms with Crippen molar-refractivity contribution in [3.05, 3.63) is 58.7 Å². The first kappa shape index (κ1) is 28.5. The van der Waals surface area contributed by atoms with Gasteiger partial charge < -0.3 is 25.0 Å². The molecule has 0 bridgehead atoms. The Hall–Kier alpha value is -4.07.